The van der Waals surface area contributed by atoms with Crippen LogP contribution in [0, 0.1) is 5.92 Å². The Morgan fingerprint density at radius 2 is 1.89 bits per heavy atom. The van der Waals surface area contributed by atoms with Gasteiger partial charge in [0.1, 0.15) is 7.85 Å². The summed E-state index contributed by atoms with van der Waals surface area (Å²) in [5.74, 6) is 0.228. The lowest BCUT2D eigenvalue weighted by molar-refractivity contribution is -0.0709. The predicted molar refractivity (Wildman–Crippen MR) is 84.8 cm³/mol. The molecule has 112 valence electrons. The highest BCUT2D eigenvalue weighted by molar-refractivity contribution is 6.74. The van der Waals surface area contributed by atoms with Crippen molar-refractivity contribution in [1.82, 2.24) is 0 Å². The van der Waals surface area contributed by atoms with Crippen LogP contribution in [0.25, 0.3) is 0 Å². The summed E-state index contributed by atoms with van der Waals surface area (Å²) in [6.45, 7) is 15.6. The monoisotopic (exact) mass is 286 g/mol. The zero-order chi connectivity index (χ0) is 15.1. The van der Waals surface area contributed by atoms with Crippen LogP contribution in [0.15, 0.2) is 0 Å². The minimum Gasteiger partial charge on any atom is -0.412 e. The summed E-state index contributed by atoms with van der Waals surface area (Å²) in [5, 5.41) is 9.91. The van der Waals surface area contributed by atoms with Gasteiger partial charge in [-0.2, -0.15) is 0 Å². The highest BCUT2D eigenvalue weighted by atomic mass is 28.4. The maximum absolute atomic E-state index is 9.71. The summed E-state index contributed by atoms with van der Waals surface area (Å²) in [6.07, 6.45) is 0.916. The van der Waals surface area contributed by atoms with Crippen molar-refractivity contribution in [2.45, 2.75) is 76.9 Å². The van der Waals surface area contributed by atoms with Crippen LogP contribution in [0.3, 0.4) is 0 Å². The smallest absolute Gasteiger partial charge is 0.192 e. The minimum absolute atomic E-state index is 0.0521. The van der Waals surface area contributed by atoms with Gasteiger partial charge in [0.15, 0.2) is 8.32 Å². The molecule has 1 aliphatic rings. The quantitative estimate of drug-likeness (QED) is 0.805. The molecule has 0 radical (unpaired) electrons. The first-order valence-electron chi connectivity index (χ1n) is 7.47. The lowest BCUT2D eigenvalue weighted by atomic mass is 9.82. The lowest BCUT2D eigenvalue weighted by Crippen LogP contribution is -2.48. The second-order valence-electron chi connectivity index (χ2n) is 7.53. The Morgan fingerprint density at radius 3 is 2.21 bits per heavy atom. The molecule has 0 bridgehead atoms. The average molecular weight is 286 g/mol. The molecule has 19 heavy (non-hydrogen) atoms. The molecular formula is C14H31BO3Si. The average Bonchev–Trinajstić information content (AvgIpc) is 2.52. The number of rotatable bonds is 4. The molecular weight excluding hydrogens is 255 g/mol. The maximum Gasteiger partial charge on any atom is 0.192 e. The summed E-state index contributed by atoms with van der Waals surface area (Å²) in [5.41, 5.74) is -0.424. The molecule has 1 fully saturated rings. The number of hydrogen-bond donors (Lipinski definition) is 1. The van der Waals surface area contributed by atoms with Crippen molar-refractivity contribution in [3.05, 3.63) is 0 Å². The van der Waals surface area contributed by atoms with Gasteiger partial charge in [-0.1, -0.05) is 34.6 Å². The van der Waals surface area contributed by atoms with Gasteiger partial charge in [0, 0.05) is 11.9 Å². The van der Waals surface area contributed by atoms with E-state index in [0.29, 0.717) is 0 Å². The molecule has 0 amide bonds. The molecule has 0 aliphatic carbocycles. The van der Waals surface area contributed by atoms with Crippen LogP contribution in [-0.2, 0) is 9.16 Å². The van der Waals surface area contributed by atoms with E-state index < -0.39 is 13.9 Å². The van der Waals surface area contributed by atoms with E-state index in [1.54, 1.807) is 0 Å². The van der Waals surface area contributed by atoms with Gasteiger partial charge in [-0.25, -0.2) is 0 Å². The first-order chi connectivity index (χ1) is 8.50. The van der Waals surface area contributed by atoms with Crippen molar-refractivity contribution >= 4 is 16.2 Å². The molecule has 0 unspecified atom stereocenters. The van der Waals surface area contributed by atoms with Gasteiger partial charge in [0.25, 0.3) is 0 Å². The topological polar surface area (TPSA) is 38.7 Å². The highest BCUT2D eigenvalue weighted by Gasteiger charge is 2.52. The third-order valence-electron chi connectivity index (χ3n) is 5.31. The van der Waals surface area contributed by atoms with Crippen molar-refractivity contribution in [2.24, 2.45) is 5.92 Å². The van der Waals surface area contributed by atoms with Gasteiger partial charge in [0.2, 0.25) is 0 Å². The van der Waals surface area contributed by atoms with Crippen LogP contribution < -0.4 is 0 Å². The van der Waals surface area contributed by atoms with Crippen molar-refractivity contribution in [2.75, 3.05) is 6.61 Å². The van der Waals surface area contributed by atoms with E-state index >= 15 is 0 Å². The van der Waals surface area contributed by atoms with Gasteiger partial charge in [-0.3, -0.25) is 0 Å². The van der Waals surface area contributed by atoms with E-state index in [9.17, 15) is 5.11 Å². The molecule has 0 aromatic rings. The van der Waals surface area contributed by atoms with Crippen LogP contribution in [0.2, 0.25) is 18.1 Å². The van der Waals surface area contributed by atoms with Crippen LogP contribution in [-0.4, -0.2) is 45.6 Å². The van der Waals surface area contributed by atoms with Gasteiger partial charge >= 0.3 is 0 Å². The van der Waals surface area contributed by atoms with E-state index in [1.165, 1.54) is 0 Å². The van der Waals surface area contributed by atoms with Crippen LogP contribution in [0.4, 0.5) is 0 Å². The fraction of sp³-hybridized carbons (Fsp3) is 1.00. The van der Waals surface area contributed by atoms with Gasteiger partial charge in [0.05, 0.1) is 18.3 Å². The second-order valence-corrected chi connectivity index (χ2v) is 12.3. The van der Waals surface area contributed by atoms with Gasteiger partial charge in [-0.15, -0.1) is 0 Å². The zero-order valence-corrected chi connectivity index (χ0v) is 14.9. The molecule has 0 aromatic heterocycles. The van der Waals surface area contributed by atoms with E-state index in [4.69, 9.17) is 9.16 Å². The highest BCUT2D eigenvalue weighted by Crippen LogP contribution is 2.44. The summed E-state index contributed by atoms with van der Waals surface area (Å²) >= 11 is 0. The normalized spacial score (nSPS) is 36.7. The largest absolute Gasteiger partial charge is 0.412 e. The molecule has 0 aromatic carbocycles. The van der Waals surface area contributed by atoms with E-state index in [1.807, 2.05) is 0 Å². The Hall–Kier alpha value is 0.162. The number of aliphatic hydroxyl groups is 1. The molecule has 1 rings (SSSR count). The maximum atomic E-state index is 9.71. The molecule has 1 saturated heterocycles. The Kier molecular flexibility index (Phi) is 4.99. The standard InChI is InChI=1S/C14H31BO3Si/c1-8-14(9-16)10(2)11(12(15)17-14)18-19(6,7)13(3,4)5/h10-12,16H,8-9,15H2,1-7H3/t10-,11+,12+,14-/m0/s1. The Labute approximate surface area is 120 Å². The molecule has 0 saturated carbocycles. The lowest BCUT2D eigenvalue weighted by Gasteiger charge is -2.40. The Morgan fingerprint density at radius 1 is 1.37 bits per heavy atom. The fourth-order valence-corrected chi connectivity index (χ4v) is 4.09. The first-order valence-corrected chi connectivity index (χ1v) is 10.4. The van der Waals surface area contributed by atoms with E-state index in [-0.39, 0.29) is 29.7 Å². The third-order valence-corrected chi connectivity index (χ3v) is 9.78. The second kappa shape index (κ2) is 5.51. The molecule has 1 N–H and O–H groups in total. The van der Waals surface area contributed by atoms with Gasteiger partial charge < -0.3 is 14.3 Å². The van der Waals surface area contributed by atoms with Gasteiger partial charge in [-0.05, 0) is 24.6 Å². The summed E-state index contributed by atoms with van der Waals surface area (Å²) in [6, 6.07) is 0.0521. The first kappa shape index (κ1) is 17.2. The van der Waals surface area contributed by atoms with Crippen LogP contribution in [0.1, 0.15) is 41.0 Å². The van der Waals surface area contributed by atoms with Crippen molar-refractivity contribution < 1.29 is 14.3 Å². The molecule has 4 atom stereocenters. The van der Waals surface area contributed by atoms with Crippen LogP contribution in [0.5, 0.6) is 0 Å². The molecule has 5 heteroatoms. The van der Waals surface area contributed by atoms with E-state index in [0.717, 1.165) is 6.42 Å². The summed E-state index contributed by atoms with van der Waals surface area (Å²) < 4.78 is 12.6. The van der Waals surface area contributed by atoms with Crippen molar-refractivity contribution in [3.8, 4) is 0 Å². The Balaban J connectivity index is 2.91. The predicted octanol–water partition coefficient (Wildman–Crippen LogP) is 2.14. The molecule has 3 nitrogen and oxygen atoms in total. The van der Waals surface area contributed by atoms with Crippen LogP contribution >= 0.6 is 0 Å². The molecule has 0 spiro atoms. The Bertz CT molecular complexity index is 310. The number of ether oxygens (including phenoxy) is 1. The SMILES string of the molecule is B[C@@H]1O[C@@](CC)(CO)[C@@H](C)[C@H]1O[Si](C)(C)C(C)(C)C. The summed E-state index contributed by atoms with van der Waals surface area (Å²) in [7, 11) is 0.268. The summed E-state index contributed by atoms with van der Waals surface area (Å²) in [4.78, 5) is 0. The zero-order valence-electron chi connectivity index (χ0n) is 13.9. The van der Waals surface area contributed by atoms with Crippen molar-refractivity contribution in [3.63, 3.8) is 0 Å². The number of aliphatic hydroxyl groups excluding tert-OH is 1. The van der Waals surface area contributed by atoms with Crippen molar-refractivity contribution in [1.29, 1.82) is 0 Å². The molecule has 1 aliphatic heterocycles. The minimum atomic E-state index is -1.80. The fourth-order valence-electron chi connectivity index (χ4n) is 2.66. The number of hydrogen-bond acceptors (Lipinski definition) is 3. The van der Waals surface area contributed by atoms with E-state index in [2.05, 4.69) is 55.6 Å². The third kappa shape index (κ3) is 3.09. The molecule has 1 heterocycles.